The predicted octanol–water partition coefficient (Wildman–Crippen LogP) is 1.74. The van der Waals surface area contributed by atoms with Crippen LogP contribution < -0.4 is 4.72 Å². The molecule has 0 saturated carbocycles. The van der Waals surface area contributed by atoms with Crippen LogP contribution in [-0.4, -0.2) is 31.6 Å². The van der Waals surface area contributed by atoms with Crippen LogP contribution in [0.15, 0.2) is 24.3 Å². The quantitative estimate of drug-likeness (QED) is 0.768. The van der Waals surface area contributed by atoms with Crippen molar-refractivity contribution in [2.75, 3.05) is 12.0 Å². The van der Waals surface area contributed by atoms with E-state index in [2.05, 4.69) is 4.72 Å². The monoisotopic (exact) mass is 303 g/mol. The summed E-state index contributed by atoms with van der Waals surface area (Å²) in [6.07, 6.45) is 2.73. The highest BCUT2D eigenvalue weighted by Gasteiger charge is 2.16. The van der Waals surface area contributed by atoms with Gasteiger partial charge in [-0.1, -0.05) is 31.2 Å². The molecule has 1 atom stereocenters. The Balaban J connectivity index is 2.72. The van der Waals surface area contributed by atoms with Gasteiger partial charge < -0.3 is 5.11 Å². The first-order valence-corrected chi connectivity index (χ1v) is 9.23. The second-order valence-corrected chi connectivity index (χ2v) is 7.08. The topological polar surface area (TPSA) is 66.4 Å². The molecule has 0 bridgehead atoms. The van der Waals surface area contributed by atoms with E-state index in [9.17, 15) is 8.42 Å². The maximum absolute atomic E-state index is 12.1. The molecule has 0 aliphatic carbocycles. The van der Waals surface area contributed by atoms with E-state index in [4.69, 9.17) is 5.11 Å². The summed E-state index contributed by atoms with van der Waals surface area (Å²) < 4.78 is 26.8. The van der Waals surface area contributed by atoms with Gasteiger partial charge in [-0.25, -0.2) is 13.1 Å². The molecule has 1 aromatic rings. The average Bonchev–Trinajstić information content (AvgIpc) is 2.37. The summed E-state index contributed by atoms with van der Waals surface area (Å²) in [7, 11) is -3.34. The minimum atomic E-state index is -3.34. The van der Waals surface area contributed by atoms with Gasteiger partial charge in [-0.05, 0) is 23.8 Å². The van der Waals surface area contributed by atoms with Crippen LogP contribution in [0.1, 0.15) is 24.5 Å². The van der Waals surface area contributed by atoms with Crippen molar-refractivity contribution in [1.29, 1.82) is 0 Å². The van der Waals surface area contributed by atoms with Gasteiger partial charge in [0.25, 0.3) is 0 Å². The van der Waals surface area contributed by atoms with Crippen LogP contribution in [0.5, 0.6) is 0 Å². The fourth-order valence-electron chi connectivity index (χ4n) is 1.77. The fraction of sp³-hybridized carbons (Fsp3) is 0.538. The van der Waals surface area contributed by atoms with Crippen LogP contribution in [0.3, 0.4) is 0 Å². The van der Waals surface area contributed by atoms with Gasteiger partial charge in [0, 0.05) is 11.8 Å². The van der Waals surface area contributed by atoms with Gasteiger partial charge in [0.05, 0.1) is 12.4 Å². The molecular weight excluding hydrogens is 282 g/mol. The molecule has 0 aliphatic rings. The molecule has 4 nitrogen and oxygen atoms in total. The maximum Gasteiger partial charge on any atom is 0.216 e. The zero-order valence-electron chi connectivity index (χ0n) is 11.3. The Morgan fingerprint density at radius 2 is 2.05 bits per heavy atom. The number of nitrogens with one attached hydrogen (secondary N) is 1. The molecule has 0 radical (unpaired) electrons. The predicted molar refractivity (Wildman–Crippen MR) is 80.6 cm³/mol. The Hall–Kier alpha value is -0.560. The van der Waals surface area contributed by atoms with E-state index in [-0.39, 0.29) is 18.4 Å². The third-order valence-corrected chi connectivity index (χ3v) is 4.88. The summed E-state index contributed by atoms with van der Waals surface area (Å²) in [5.41, 5.74) is 1.42. The molecule has 2 N–H and O–H groups in total. The van der Waals surface area contributed by atoms with Crippen molar-refractivity contribution in [2.45, 2.75) is 31.7 Å². The summed E-state index contributed by atoms with van der Waals surface area (Å²) in [4.78, 5) is 0. The number of aliphatic hydroxyl groups excluding tert-OH is 1. The van der Waals surface area contributed by atoms with E-state index >= 15 is 0 Å². The summed E-state index contributed by atoms with van der Waals surface area (Å²) in [6.45, 7) is 1.89. The Kier molecular flexibility index (Phi) is 6.85. The Labute approximate surface area is 119 Å². The van der Waals surface area contributed by atoms with Gasteiger partial charge in [-0.2, -0.15) is 11.8 Å². The lowest BCUT2D eigenvalue weighted by molar-refractivity contribution is 0.282. The van der Waals surface area contributed by atoms with Gasteiger partial charge in [-0.3, -0.25) is 0 Å². The van der Waals surface area contributed by atoms with Crippen molar-refractivity contribution in [3.8, 4) is 0 Å². The highest BCUT2D eigenvalue weighted by molar-refractivity contribution is 7.98. The molecular formula is C13H21NO3S2. The number of sulfonamides is 1. The van der Waals surface area contributed by atoms with E-state index in [0.29, 0.717) is 5.56 Å². The first-order chi connectivity index (χ1) is 9.00. The number of aliphatic hydroxyl groups is 1. The summed E-state index contributed by atoms with van der Waals surface area (Å²) in [5, 5.41) is 9.05. The van der Waals surface area contributed by atoms with Gasteiger partial charge in [-0.15, -0.1) is 0 Å². The molecule has 1 rings (SSSR count). The van der Waals surface area contributed by atoms with Gasteiger partial charge in [0.15, 0.2) is 0 Å². The summed E-state index contributed by atoms with van der Waals surface area (Å²) in [5.74, 6) is 0.720. The van der Waals surface area contributed by atoms with Crippen molar-refractivity contribution in [3.63, 3.8) is 0 Å². The van der Waals surface area contributed by atoms with Gasteiger partial charge in [0.2, 0.25) is 10.0 Å². The van der Waals surface area contributed by atoms with Crippen LogP contribution >= 0.6 is 11.8 Å². The number of hydrogen-bond donors (Lipinski definition) is 2. The molecule has 1 aromatic carbocycles. The van der Waals surface area contributed by atoms with E-state index in [1.807, 2.05) is 13.2 Å². The van der Waals surface area contributed by atoms with Crippen LogP contribution in [-0.2, 0) is 22.4 Å². The van der Waals surface area contributed by atoms with Crippen molar-refractivity contribution in [1.82, 2.24) is 4.72 Å². The van der Waals surface area contributed by atoms with Crippen molar-refractivity contribution in [2.24, 2.45) is 0 Å². The molecule has 0 fully saturated rings. The van der Waals surface area contributed by atoms with Gasteiger partial charge >= 0.3 is 0 Å². The molecule has 108 valence electrons. The Morgan fingerprint density at radius 1 is 1.37 bits per heavy atom. The second-order valence-electron chi connectivity index (χ2n) is 4.42. The third kappa shape index (κ3) is 5.95. The zero-order chi connectivity index (χ0) is 14.3. The molecule has 0 aliphatic heterocycles. The fourth-order valence-corrected chi connectivity index (χ4v) is 4.06. The lowest BCUT2D eigenvalue weighted by Gasteiger charge is -2.16. The van der Waals surface area contributed by atoms with E-state index in [0.717, 1.165) is 17.7 Å². The molecule has 1 unspecified atom stereocenters. The Bertz CT molecular complexity index is 488. The van der Waals surface area contributed by atoms with Crippen LogP contribution in [0.4, 0.5) is 0 Å². The van der Waals surface area contributed by atoms with Crippen LogP contribution in [0, 0.1) is 0 Å². The minimum Gasteiger partial charge on any atom is -0.392 e. The van der Waals surface area contributed by atoms with Crippen molar-refractivity contribution >= 4 is 21.8 Å². The number of thioether (sulfide) groups is 1. The van der Waals surface area contributed by atoms with Crippen LogP contribution in [0.25, 0.3) is 0 Å². The summed E-state index contributed by atoms with van der Waals surface area (Å²) in [6, 6.07) is 6.98. The molecule has 19 heavy (non-hydrogen) atoms. The SMILES string of the molecule is CCC(CSC)NS(=O)(=O)Cc1cccc(CO)c1. The van der Waals surface area contributed by atoms with E-state index in [1.165, 1.54) is 0 Å². The molecule has 0 amide bonds. The number of rotatable bonds is 8. The third-order valence-electron chi connectivity index (χ3n) is 2.74. The summed E-state index contributed by atoms with van der Waals surface area (Å²) >= 11 is 1.63. The Morgan fingerprint density at radius 3 is 2.63 bits per heavy atom. The number of hydrogen-bond acceptors (Lipinski definition) is 4. The lowest BCUT2D eigenvalue weighted by Crippen LogP contribution is -2.36. The molecule has 0 aromatic heterocycles. The first-order valence-electron chi connectivity index (χ1n) is 6.18. The zero-order valence-corrected chi connectivity index (χ0v) is 12.9. The number of benzene rings is 1. The van der Waals surface area contributed by atoms with Gasteiger partial charge in [0.1, 0.15) is 0 Å². The average molecular weight is 303 g/mol. The highest BCUT2D eigenvalue weighted by Crippen LogP contribution is 2.10. The van der Waals surface area contributed by atoms with Crippen molar-refractivity contribution in [3.05, 3.63) is 35.4 Å². The maximum atomic E-state index is 12.1. The molecule has 6 heteroatoms. The van der Waals surface area contributed by atoms with E-state index in [1.54, 1.807) is 36.0 Å². The standard InChI is InChI=1S/C13H21NO3S2/c1-3-13(9-18-2)14-19(16,17)10-12-6-4-5-11(7-12)8-15/h4-7,13-15H,3,8-10H2,1-2H3. The smallest absolute Gasteiger partial charge is 0.216 e. The first kappa shape index (κ1) is 16.5. The normalized spacial score (nSPS) is 13.4. The second kappa shape index (κ2) is 7.89. The molecule has 0 heterocycles. The highest BCUT2D eigenvalue weighted by atomic mass is 32.2. The largest absolute Gasteiger partial charge is 0.392 e. The lowest BCUT2D eigenvalue weighted by atomic mass is 10.1. The van der Waals surface area contributed by atoms with Crippen LogP contribution in [0.2, 0.25) is 0 Å². The van der Waals surface area contributed by atoms with E-state index < -0.39 is 10.0 Å². The van der Waals surface area contributed by atoms with Crippen molar-refractivity contribution < 1.29 is 13.5 Å². The molecule has 0 saturated heterocycles. The minimum absolute atomic E-state index is 0.0268. The molecule has 0 spiro atoms.